The second-order valence-electron chi connectivity index (χ2n) is 6.13. The van der Waals surface area contributed by atoms with Gasteiger partial charge in [0.2, 0.25) is 0 Å². The molecule has 2 aromatic rings. The number of aliphatic imine (C=N–C) groups is 1. The van der Waals surface area contributed by atoms with Crippen molar-refractivity contribution in [3.63, 3.8) is 0 Å². The molecule has 0 amide bonds. The molecule has 25 heavy (non-hydrogen) atoms. The molecule has 6 heteroatoms. The van der Waals surface area contributed by atoms with Gasteiger partial charge in [-0.1, -0.05) is 24.3 Å². The molecule has 136 valence electrons. The first-order valence-electron chi connectivity index (χ1n) is 8.60. The first kappa shape index (κ1) is 20.2. The van der Waals surface area contributed by atoms with Gasteiger partial charge in [0.25, 0.3) is 0 Å². The van der Waals surface area contributed by atoms with Crippen LogP contribution < -0.4 is 10.6 Å². The molecular weight excluding hydrogens is 443 g/mol. The number of guanidine groups is 1. The Morgan fingerprint density at radius 3 is 2.80 bits per heavy atom. The fourth-order valence-corrected chi connectivity index (χ4v) is 3.72. The van der Waals surface area contributed by atoms with Crippen molar-refractivity contribution >= 4 is 41.3 Å². The average Bonchev–Trinajstić information content (AvgIpc) is 3.14. The Labute approximate surface area is 171 Å². The van der Waals surface area contributed by atoms with Crippen LogP contribution in [0.2, 0.25) is 0 Å². The number of hydrogen-bond acceptors (Lipinski definition) is 3. The minimum absolute atomic E-state index is 0. The maximum atomic E-state index is 4.29. The largest absolute Gasteiger partial charge is 0.356 e. The smallest absolute Gasteiger partial charge is 0.191 e. The second-order valence-corrected chi connectivity index (χ2v) is 6.91. The lowest BCUT2D eigenvalue weighted by molar-refractivity contribution is 0.251. The highest BCUT2D eigenvalue weighted by Crippen LogP contribution is 2.18. The SMILES string of the molecule is CN=C(NCCCN1CCc2ccccc2C1)NCc1ccsc1.I. The van der Waals surface area contributed by atoms with Crippen molar-refractivity contribution < 1.29 is 0 Å². The molecule has 1 aromatic carbocycles. The zero-order chi connectivity index (χ0) is 16.6. The van der Waals surface area contributed by atoms with Crippen molar-refractivity contribution in [1.29, 1.82) is 0 Å². The number of nitrogens with one attached hydrogen (secondary N) is 2. The van der Waals surface area contributed by atoms with E-state index < -0.39 is 0 Å². The van der Waals surface area contributed by atoms with E-state index >= 15 is 0 Å². The van der Waals surface area contributed by atoms with Gasteiger partial charge < -0.3 is 10.6 Å². The van der Waals surface area contributed by atoms with Crippen molar-refractivity contribution in [2.45, 2.75) is 25.9 Å². The summed E-state index contributed by atoms with van der Waals surface area (Å²) in [6.45, 7) is 5.15. The molecule has 1 aliphatic rings. The van der Waals surface area contributed by atoms with E-state index in [1.54, 1.807) is 11.3 Å². The summed E-state index contributed by atoms with van der Waals surface area (Å²) in [4.78, 5) is 6.83. The topological polar surface area (TPSA) is 39.7 Å². The summed E-state index contributed by atoms with van der Waals surface area (Å²) in [5.74, 6) is 0.880. The minimum atomic E-state index is 0. The van der Waals surface area contributed by atoms with E-state index in [1.165, 1.54) is 29.7 Å². The summed E-state index contributed by atoms with van der Waals surface area (Å²) in [6, 6.07) is 11.0. The van der Waals surface area contributed by atoms with Crippen LogP contribution in [0.25, 0.3) is 0 Å². The van der Waals surface area contributed by atoms with Crippen molar-refractivity contribution in [3.05, 3.63) is 57.8 Å². The van der Waals surface area contributed by atoms with E-state index in [2.05, 4.69) is 61.6 Å². The number of halogens is 1. The Balaban J connectivity index is 0.00000225. The highest BCUT2D eigenvalue weighted by Gasteiger charge is 2.14. The van der Waals surface area contributed by atoms with Crippen LogP contribution in [0.1, 0.15) is 23.1 Å². The van der Waals surface area contributed by atoms with Crippen LogP contribution in [0.3, 0.4) is 0 Å². The molecule has 0 saturated heterocycles. The minimum Gasteiger partial charge on any atom is -0.356 e. The molecule has 1 aliphatic heterocycles. The molecule has 3 rings (SSSR count). The predicted molar refractivity (Wildman–Crippen MR) is 118 cm³/mol. The Kier molecular flexibility index (Phi) is 8.71. The molecule has 0 aliphatic carbocycles. The normalized spacial score (nSPS) is 14.5. The molecule has 0 bridgehead atoms. The summed E-state index contributed by atoms with van der Waals surface area (Å²) in [7, 11) is 1.82. The van der Waals surface area contributed by atoms with Crippen molar-refractivity contribution in [1.82, 2.24) is 15.5 Å². The van der Waals surface area contributed by atoms with E-state index in [1.807, 2.05) is 7.05 Å². The number of nitrogens with zero attached hydrogens (tertiary/aromatic N) is 2. The summed E-state index contributed by atoms with van der Waals surface area (Å²) in [6.07, 6.45) is 2.30. The lowest BCUT2D eigenvalue weighted by atomic mass is 10.00. The van der Waals surface area contributed by atoms with Crippen LogP contribution >= 0.6 is 35.3 Å². The predicted octanol–water partition coefficient (Wildman–Crippen LogP) is 3.48. The third-order valence-corrected chi connectivity index (χ3v) is 5.15. The first-order chi connectivity index (χ1) is 11.8. The van der Waals surface area contributed by atoms with Crippen LogP contribution in [0.5, 0.6) is 0 Å². The Morgan fingerprint density at radius 1 is 1.20 bits per heavy atom. The van der Waals surface area contributed by atoms with E-state index in [0.717, 1.165) is 38.6 Å². The molecule has 2 heterocycles. The highest BCUT2D eigenvalue weighted by molar-refractivity contribution is 14.0. The van der Waals surface area contributed by atoms with Gasteiger partial charge in [0.15, 0.2) is 5.96 Å². The molecule has 0 unspecified atom stereocenters. The van der Waals surface area contributed by atoms with Gasteiger partial charge in [0, 0.05) is 39.8 Å². The van der Waals surface area contributed by atoms with Crippen LogP contribution in [-0.4, -0.2) is 37.5 Å². The summed E-state index contributed by atoms with van der Waals surface area (Å²) >= 11 is 1.73. The van der Waals surface area contributed by atoms with Gasteiger partial charge in [-0.15, -0.1) is 24.0 Å². The zero-order valence-electron chi connectivity index (χ0n) is 14.7. The Hall–Kier alpha value is -1.12. The van der Waals surface area contributed by atoms with Crippen molar-refractivity contribution in [2.75, 3.05) is 26.7 Å². The number of fused-ring (bicyclic) bond motifs is 1. The number of hydrogen-bond donors (Lipinski definition) is 2. The Morgan fingerprint density at radius 2 is 2.04 bits per heavy atom. The average molecular weight is 470 g/mol. The number of thiophene rings is 1. The maximum Gasteiger partial charge on any atom is 0.191 e. The Bertz CT molecular complexity index is 657. The van der Waals surface area contributed by atoms with Gasteiger partial charge in [0.1, 0.15) is 0 Å². The molecule has 4 nitrogen and oxygen atoms in total. The molecule has 0 fully saturated rings. The third-order valence-electron chi connectivity index (χ3n) is 4.42. The van der Waals surface area contributed by atoms with E-state index in [-0.39, 0.29) is 24.0 Å². The van der Waals surface area contributed by atoms with Gasteiger partial charge >= 0.3 is 0 Å². The molecule has 0 radical (unpaired) electrons. The quantitative estimate of drug-likeness (QED) is 0.294. The second kappa shape index (κ2) is 10.8. The maximum absolute atomic E-state index is 4.29. The van der Waals surface area contributed by atoms with Crippen LogP contribution in [0, 0.1) is 0 Å². The van der Waals surface area contributed by atoms with Gasteiger partial charge in [-0.25, -0.2) is 0 Å². The van der Waals surface area contributed by atoms with E-state index in [4.69, 9.17) is 0 Å². The molecule has 0 atom stereocenters. The molecular formula is C19H27IN4S. The summed E-state index contributed by atoms with van der Waals surface area (Å²) < 4.78 is 0. The summed E-state index contributed by atoms with van der Waals surface area (Å²) in [5.41, 5.74) is 4.31. The van der Waals surface area contributed by atoms with Crippen molar-refractivity contribution in [2.24, 2.45) is 4.99 Å². The van der Waals surface area contributed by atoms with Crippen molar-refractivity contribution in [3.8, 4) is 0 Å². The van der Waals surface area contributed by atoms with E-state index in [0.29, 0.717) is 0 Å². The standard InChI is InChI=1S/C19H26N4S.HI/c1-20-19(22-13-16-8-12-24-15-16)21-9-4-10-23-11-7-17-5-2-3-6-18(17)14-23;/h2-3,5-6,8,12,15H,4,7,9-11,13-14H2,1H3,(H2,20,21,22);1H. The van der Waals surface area contributed by atoms with Crippen LogP contribution in [-0.2, 0) is 19.5 Å². The molecule has 0 spiro atoms. The lowest BCUT2D eigenvalue weighted by Crippen LogP contribution is -2.39. The molecule has 0 saturated carbocycles. The van der Waals surface area contributed by atoms with Gasteiger partial charge in [0.05, 0.1) is 0 Å². The van der Waals surface area contributed by atoms with E-state index in [9.17, 15) is 0 Å². The molecule has 1 aromatic heterocycles. The van der Waals surface area contributed by atoms with Crippen LogP contribution in [0.4, 0.5) is 0 Å². The first-order valence-corrected chi connectivity index (χ1v) is 9.54. The molecule has 2 N–H and O–H groups in total. The van der Waals surface area contributed by atoms with Gasteiger partial charge in [-0.2, -0.15) is 11.3 Å². The lowest BCUT2D eigenvalue weighted by Gasteiger charge is -2.28. The monoisotopic (exact) mass is 470 g/mol. The number of rotatable bonds is 6. The fourth-order valence-electron chi connectivity index (χ4n) is 3.05. The van der Waals surface area contributed by atoms with Gasteiger partial charge in [-0.3, -0.25) is 9.89 Å². The number of benzene rings is 1. The fraction of sp³-hybridized carbons (Fsp3) is 0.421. The summed E-state index contributed by atoms with van der Waals surface area (Å²) in [5, 5.41) is 11.0. The highest BCUT2D eigenvalue weighted by atomic mass is 127. The zero-order valence-corrected chi connectivity index (χ0v) is 17.8. The third kappa shape index (κ3) is 6.27. The van der Waals surface area contributed by atoms with Gasteiger partial charge in [-0.05, 0) is 46.4 Å². The van der Waals surface area contributed by atoms with Crippen LogP contribution in [0.15, 0.2) is 46.1 Å².